The summed E-state index contributed by atoms with van der Waals surface area (Å²) >= 11 is 0. The lowest BCUT2D eigenvalue weighted by Crippen LogP contribution is -2.42. The molecule has 0 spiro atoms. The van der Waals surface area contributed by atoms with E-state index in [4.69, 9.17) is 10.00 Å². The third-order valence-electron chi connectivity index (χ3n) is 3.43. The van der Waals surface area contributed by atoms with Crippen molar-refractivity contribution in [3.63, 3.8) is 0 Å². The number of aliphatic carboxylic acids is 1. The molecule has 19 heavy (non-hydrogen) atoms. The molecule has 0 amide bonds. The summed E-state index contributed by atoms with van der Waals surface area (Å²) in [7, 11) is 0. The normalized spacial score (nSPS) is 17.4. The fourth-order valence-corrected chi connectivity index (χ4v) is 2.13. The van der Waals surface area contributed by atoms with Crippen LogP contribution in [-0.4, -0.2) is 35.8 Å². The zero-order valence-corrected chi connectivity index (χ0v) is 10.4. The maximum absolute atomic E-state index is 11.5. The van der Waals surface area contributed by atoms with Crippen LogP contribution in [-0.2, 0) is 9.53 Å². The molecule has 1 aliphatic rings. The molecule has 0 aromatic carbocycles. The first-order valence-electron chi connectivity index (χ1n) is 6.08. The molecule has 0 aliphatic carbocycles. The largest absolute Gasteiger partial charge is 0.481 e. The number of anilines is 1. The first kappa shape index (κ1) is 13.3. The standard InChI is InChI=1S/C13H15N3O3/c14-8-11-10(2-1-5-15-11)16-9-13(12(17)18)3-6-19-7-4-13/h1-2,5,16H,3-4,6-7,9H2,(H,17,18). The molecule has 0 saturated carbocycles. The second kappa shape index (κ2) is 5.67. The molecule has 0 bridgehead atoms. The number of pyridine rings is 1. The van der Waals surface area contributed by atoms with Crippen LogP contribution < -0.4 is 5.32 Å². The Bertz CT molecular complexity index is 504. The average Bonchev–Trinajstić information content (AvgIpc) is 2.46. The number of hydrogen-bond acceptors (Lipinski definition) is 5. The van der Waals surface area contributed by atoms with E-state index in [1.165, 1.54) is 6.20 Å². The molecule has 6 heteroatoms. The van der Waals surface area contributed by atoms with Crippen LogP contribution in [0.1, 0.15) is 18.5 Å². The highest BCUT2D eigenvalue weighted by atomic mass is 16.5. The molecular formula is C13H15N3O3. The van der Waals surface area contributed by atoms with Gasteiger partial charge in [0.25, 0.3) is 0 Å². The van der Waals surface area contributed by atoms with E-state index in [0.717, 1.165) is 0 Å². The van der Waals surface area contributed by atoms with Gasteiger partial charge in [0.2, 0.25) is 0 Å². The molecule has 0 atom stereocenters. The van der Waals surface area contributed by atoms with E-state index in [1.807, 2.05) is 6.07 Å². The van der Waals surface area contributed by atoms with Crippen LogP contribution in [0.2, 0.25) is 0 Å². The molecule has 1 fully saturated rings. The van der Waals surface area contributed by atoms with Crippen LogP contribution in [0.25, 0.3) is 0 Å². The van der Waals surface area contributed by atoms with Crippen LogP contribution in [0.4, 0.5) is 5.69 Å². The summed E-state index contributed by atoms with van der Waals surface area (Å²) < 4.78 is 5.22. The van der Waals surface area contributed by atoms with Crippen molar-refractivity contribution >= 4 is 11.7 Å². The Labute approximate surface area is 111 Å². The van der Waals surface area contributed by atoms with Gasteiger partial charge in [0, 0.05) is 26.0 Å². The van der Waals surface area contributed by atoms with Crippen LogP contribution in [0, 0.1) is 16.7 Å². The van der Waals surface area contributed by atoms with Gasteiger partial charge in [0.15, 0.2) is 5.69 Å². The van der Waals surface area contributed by atoms with Crippen molar-refractivity contribution in [2.24, 2.45) is 5.41 Å². The maximum Gasteiger partial charge on any atom is 0.311 e. The summed E-state index contributed by atoms with van der Waals surface area (Å²) in [5, 5.41) is 21.4. The quantitative estimate of drug-likeness (QED) is 0.846. The van der Waals surface area contributed by atoms with Crippen molar-refractivity contribution < 1.29 is 14.6 Å². The summed E-state index contributed by atoms with van der Waals surface area (Å²) in [6.07, 6.45) is 2.47. The van der Waals surface area contributed by atoms with Crippen molar-refractivity contribution in [1.82, 2.24) is 4.98 Å². The van der Waals surface area contributed by atoms with E-state index in [0.29, 0.717) is 31.7 Å². The SMILES string of the molecule is N#Cc1ncccc1NCC1(C(=O)O)CCOCC1. The minimum absolute atomic E-state index is 0.270. The predicted octanol–water partition coefficient (Wildman–Crippen LogP) is 1.25. The van der Waals surface area contributed by atoms with Crippen LogP contribution in [0.15, 0.2) is 18.3 Å². The summed E-state index contributed by atoms with van der Waals surface area (Å²) in [5.74, 6) is -0.828. The van der Waals surface area contributed by atoms with Gasteiger partial charge in [-0.1, -0.05) is 0 Å². The number of carboxylic acid groups (broad SMARTS) is 1. The highest BCUT2D eigenvalue weighted by Crippen LogP contribution is 2.31. The molecule has 2 N–H and O–H groups in total. The summed E-state index contributed by atoms with van der Waals surface area (Å²) in [4.78, 5) is 15.4. The van der Waals surface area contributed by atoms with Crippen molar-refractivity contribution in [3.05, 3.63) is 24.0 Å². The van der Waals surface area contributed by atoms with Gasteiger partial charge in [-0.05, 0) is 25.0 Å². The molecule has 0 radical (unpaired) electrons. The Hall–Kier alpha value is -2.13. The number of hydrogen-bond donors (Lipinski definition) is 2. The van der Waals surface area contributed by atoms with E-state index in [-0.39, 0.29) is 12.2 Å². The van der Waals surface area contributed by atoms with E-state index in [2.05, 4.69) is 10.3 Å². The zero-order valence-electron chi connectivity index (χ0n) is 10.4. The lowest BCUT2D eigenvalue weighted by atomic mass is 9.80. The maximum atomic E-state index is 11.5. The van der Waals surface area contributed by atoms with Crippen molar-refractivity contribution in [2.45, 2.75) is 12.8 Å². The average molecular weight is 261 g/mol. The fourth-order valence-electron chi connectivity index (χ4n) is 2.13. The van der Waals surface area contributed by atoms with Crippen LogP contribution >= 0.6 is 0 Å². The second-order valence-corrected chi connectivity index (χ2v) is 4.56. The Morgan fingerprint density at radius 3 is 2.95 bits per heavy atom. The number of aromatic nitrogens is 1. The molecule has 100 valence electrons. The molecule has 2 rings (SSSR count). The molecule has 1 aliphatic heterocycles. The van der Waals surface area contributed by atoms with E-state index >= 15 is 0 Å². The molecular weight excluding hydrogens is 246 g/mol. The number of carbonyl (C=O) groups is 1. The van der Waals surface area contributed by atoms with Gasteiger partial charge in [0.1, 0.15) is 6.07 Å². The first-order valence-corrected chi connectivity index (χ1v) is 6.08. The fraction of sp³-hybridized carbons (Fsp3) is 0.462. The Morgan fingerprint density at radius 2 is 2.32 bits per heavy atom. The Morgan fingerprint density at radius 1 is 1.58 bits per heavy atom. The van der Waals surface area contributed by atoms with Crippen molar-refractivity contribution in [3.8, 4) is 6.07 Å². The first-order chi connectivity index (χ1) is 9.18. The van der Waals surface area contributed by atoms with Gasteiger partial charge in [-0.3, -0.25) is 4.79 Å². The van der Waals surface area contributed by atoms with Gasteiger partial charge in [-0.15, -0.1) is 0 Å². The minimum atomic E-state index is -0.833. The number of nitriles is 1. The van der Waals surface area contributed by atoms with Gasteiger partial charge >= 0.3 is 5.97 Å². The van der Waals surface area contributed by atoms with Crippen molar-refractivity contribution in [1.29, 1.82) is 5.26 Å². The van der Waals surface area contributed by atoms with E-state index < -0.39 is 11.4 Å². The Kier molecular flexibility index (Phi) is 3.97. The third kappa shape index (κ3) is 2.83. The molecule has 1 aromatic heterocycles. The molecule has 0 unspecified atom stereocenters. The van der Waals surface area contributed by atoms with Gasteiger partial charge in [-0.25, -0.2) is 4.98 Å². The Balaban J connectivity index is 2.11. The molecule has 1 aromatic rings. The lowest BCUT2D eigenvalue weighted by molar-refractivity contribution is -0.153. The number of nitrogens with one attached hydrogen (secondary N) is 1. The minimum Gasteiger partial charge on any atom is -0.481 e. The zero-order chi connectivity index (χ0) is 13.7. The topological polar surface area (TPSA) is 95.2 Å². The smallest absolute Gasteiger partial charge is 0.311 e. The van der Waals surface area contributed by atoms with Gasteiger partial charge < -0.3 is 15.2 Å². The van der Waals surface area contributed by atoms with Crippen molar-refractivity contribution in [2.75, 3.05) is 25.1 Å². The third-order valence-corrected chi connectivity index (χ3v) is 3.43. The number of ether oxygens (including phenoxy) is 1. The van der Waals surface area contributed by atoms with Gasteiger partial charge in [-0.2, -0.15) is 5.26 Å². The molecule has 1 saturated heterocycles. The van der Waals surface area contributed by atoms with Gasteiger partial charge in [0.05, 0.1) is 11.1 Å². The number of rotatable bonds is 4. The summed E-state index contributed by atoms with van der Waals surface area (Å²) in [5.41, 5.74) is 0.00749. The molecule has 2 heterocycles. The van der Waals surface area contributed by atoms with E-state index in [1.54, 1.807) is 12.1 Å². The summed E-state index contributed by atoms with van der Waals surface area (Å²) in [6, 6.07) is 5.41. The van der Waals surface area contributed by atoms with E-state index in [9.17, 15) is 9.90 Å². The monoisotopic (exact) mass is 261 g/mol. The van der Waals surface area contributed by atoms with Crippen LogP contribution in [0.5, 0.6) is 0 Å². The lowest BCUT2D eigenvalue weighted by Gasteiger charge is -2.33. The highest BCUT2D eigenvalue weighted by molar-refractivity contribution is 5.75. The second-order valence-electron chi connectivity index (χ2n) is 4.56. The number of nitrogens with zero attached hydrogens (tertiary/aromatic N) is 2. The number of carboxylic acids is 1. The highest BCUT2D eigenvalue weighted by Gasteiger charge is 2.40. The molecule has 6 nitrogen and oxygen atoms in total. The van der Waals surface area contributed by atoms with Crippen LogP contribution in [0.3, 0.4) is 0 Å². The predicted molar refractivity (Wildman–Crippen MR) is 67.6 cm³/mol. The summed E-state index contributed by atoms with van der Waals surface area (Å²) in [6.45, 7) is 1.17.